The summed E-state index contributed by atoms with van der Waals surface area (Å²) in [5.41, 5.74) is 18.5. The molecule has 55 heavy (non-hydrogen) atoms. The van der Waals surface area contributed by atoms with Crippen molar-refractivity contribution >= 4 is 46.3 Å². The SMILES string of the molecule is Cc1cc(C)cc(N(c2ccc(C(C)(C)C)cc2)c2ccc3c(c2)C(C)(C)c2cc(/C=C/c4ccc(N(c5ccccc5)c5ccccc5)cc4)ccc2-3)c1. The molecule has 0 spiro atoms. The number of anilines is 6. The summed E-state index contributed by atoms with van der Waals surface area (Å²) in [6.07, 6.45) is 4.47. The van der Waals surface area contributed by atoms with E-state index in [0.29, 0.717) is 0 Å². The Bertz CT molecular complexity index is 2420. The summed E-state index contributed by atoms with van der Waals surface area (Å²) < 4.78 is 0. The highest BCUT2D eigenvalue weighted by Crippen LogP contribution is 2.51. The fraction of sp³-hybridized carbons (Fsp3) is 0.170. The van der Waals surface area contributed by atoms with Crippen LogP contribution < -0.4 is 9.80 Å². The van der Waals surface area contributed by atoms with Crippen LogP contribution in [-0.2, 0) is 10.8 Å². The number of hydrogen-bond donors (Lipinski definition) is 0. The summed E-state index contributed by atoms with van der Waals surface area (Å²) >= 11 is 0. The Hall–Kier alpha value is -6.12. The number of hydrogen-bond acceptors (Lipinski definition) is 2. The molecule has 7 aromatic rings. The fourth-order valence-electron chi connectivity index (χ4n) is 8.15. The fourth-order valence-corrected chi connectivity index (χ4v) is 8.15. The van der Waals surface area contributed by atoms with Crippen molar-refractivity contribution in [2.24, 2.45) is 0 Å². The van der Waals surface area contributed by atoms with Crippen LogP contribution in [0.2, 0.25) is 0 Å². The van der Waals surface area contributed by atoms with Gasteiger partial charge in [-0.15, -0.1) is 0 Å². The minimum Gasteiger partial charge on any atom is -0.311 e. The smallest absolute Gasteiger partial charge is 0.0466 e. The Labute approximate surface area is 328 Å². The third-order valence-corrected chi connectivity index (χ3v) is 11.0. The summed E-state index contributed by atoms with van der Waals surface area (Å²) in [7, 11) is 0. The lowest BCUT2D eigenvalue weighted by Crippen LogP contribution is -2.17. The third kappa shape index (κ3) is 7.13. The molecule has 2 heteroatoms. The van der Waals surface area contributed by atoms with Gasteiger partial charge >= 0.3 is 0 Å². The van der Waals surface area contributed by atoms with Gasteiger partial charge in [0.05, 0.1) is 0 Å². The molecule has 0 amide bonds. The van der Waals surface area contributed by atoms with Gasteiger partial charge in [-0.3, -0.25) is 0 Å². The second kappa shape index (κ2) is 14.3. The molecule has 1 aliphatic carbocycles. The predicted octanol–water partition coefficient (Wildman–Crippen LogP) is 15.0. The van der Waals surface area contributed by atoms with Gasteiger partial charge in [0.1, 0.15) is 0 Å². The minimum atomic E-state index is -0.158. The number of aryl methyl sites for hydroxylation is 2. The highest BCUT2D eigenvalue weighted by molar-refractivity contribution is 5.87. The molecule has 0 N–H and O–H groups in total. The van der Waals surface area contributed by atoms with Gasteiger partial charge in [0, 0.05) is 39.5 Å². The van der Waals surface area contributed by atoms with Crippen LogP contribution in [0, 0.1) is 13.8 Å². The number of fused-ring (bicyclic) bond motifs is 3. The predicted molar refractivity (Wildman–Crippen MR) is 237 cm³/mol. The number of para-hydroxylation sites is 2. The van der Waals surface area contributed by atoms with E-state index >= 15 is 0 Å². The van der Waals surface area contributed by atoms with Crippen molar-refractivity contribution in [1.82, 2.24) is 0 Å². The van der Waals surface area contributed by atoms with Crippen molar-refractivity contribution in [2.75, 3.05) is 9.80 Å². The molecule has 0 heterocycles. The average Bonchev–Trinajstić information content (AvgIpc) is 3.40. The first kappa shape index (κ1) is 35.9. The summed E-state index contributed by atoms with van der Waals surface area (Å²) in [4.78, 5) is 4.72. The Morgan fingerprint density at radius 1 is 0.418 bits per heavy atom. The largest absolute Gasteiger partial charge is 0.311 e. The lowest BCUT2D eigenvalue weighted by Gasteiger charge is -2.29. The molecule has 0 atom stereocenters. The topological polar surface area (TPSA) is 6.48 Å². The van der Waals surface area contributed by atoms with Crippen LogP contribution in [-0.4, -0.2) is 0 Å². The van der Waals surface area contributed by atoms with E-state index in [-0.39, 0.29) is 10.8 Å². The molecule has 8 rings (SSSR count). The Kier molecular flexibility index (Phi) is 9.31. The minimum absolute atomic E-state index is 0.0956. The van der Waals surface area contributed by atoms with Crippen molar-refractivity contribution < 1.29 is 0 Å². The lowest BCUT2D eigenvalue weighted by molar-refractivity contribution is 0.590. The van der Waals surface area contributed by atoms with Crippen molar-refractivity contribution in [1.29, 1.82) is 0 Å². The standard InChI is InChI=1S/C53H50N2/c1-37-32-38(2)34-47(33-37)55(45-27-23-41(24-28-45)52(3,4)5)46-29-31-49-48-30-22-40(35-50(48)53(6,7)51(49)36-46)19-18-39-20-25-44(26-21-39)54(42-14-10-8-11-15-42)43-16-12-9-13-17-43/h8-36H,1-7H3/b19-18+. The molecule has 0 aliphatic heterocycles. The van der Waals surface area contributed by atoms with Crippen LogP contribution in [0.25, 0.3) is 23.3 Å². The highest BCUT2D eigenvalue weighted by atomic mass is 15.1. The summed E-state index contributed by atoms with van der Waals surface area (Å²) in [5.74, 6) is 0. The summed E-state index contributed by atoms with van der Waals surface area (Å²) in [6, 6.07) is 59.9. The molecule has 1 aliphatic rings. The van der Waals surface area contributed by atoms with E-state index in [9.17, 15) is 0 Å². The number of benzene rings is 7. The first-order valence-electron chi connectivity index (χ1n) is 19.4. The Morgan fingerprint density at radius 2 is 0.855 bits per heavy atom. The number of nitrogens with zero attached hydrogens (tertiary/aromatic N) is 2. The summed E-state index contributed by atoms with van der Waals surface area (Å²) in [6.45, 7) is 15.9. The van der Waals surface area contributed by atoms with E-state index in [0.717, 1.165) is 17.1 Å². The van der Waals surface area contributed by atoms with Gasteiger partial charge in [-0.2, -0.15) is 0 Å². The molecule has 272 valence electrons. The molecule has 7 aromatic carbocycles. The third-order valence-electron chi connectivity index (χ3n) is 11.0. The monoisotopic (exact) mass is 714 g/mol. The molecule has 0 bridgehead atoms. The molecule has 2 nitrogen and oxygen atoms in total. The van der Waals surface area contributed by atoms with Crippen LogP contribution in [0.5, 0.6) is 0 Å². The quantitative estimate of drug-likeness (QED) is 0.145. The van der Waals surface area contributed by atoms with Gasteiger partial charge in [-0.1, -0.05) is 138 Å². The molecular formula is C53H50N2. The number of rotatable bonds is 8. The lowest BCUT2D eigenvalue weighted by atomic mass is 9.81. The second-order valence-corrected chi connectivity index (χ2v) is 16.6. The second-order valence-electron chi connectivity index (χ2n) is 16.6. The van der Waals surface area contributed by atoms with Gasteiger partial charge < -0.3 is 9.80 Å². The van der Waals surface area contributed by atoms with Gasteiger partial charge in [0.2, 0.25) is 0 Å². The first-order valence-corrected chi connectivity index (χ1v) is 19.4. The zero-order chi connectivity index (χ0) is 38.3. The van der Waals surface area contributed by atoms with E-state index in [1.807, 2.05) is 0 Å². The van der Waals surface area contributed by atoms with Gasteiger partial charge in [0.15, 0.2) is 0 Å². The van der Waals surface area contributed by atoms with Crippen LogP contribution in [0.3, 0.4) is 0 Å². The van der Waals surface area contributed by atoms with Crippen molar-refractivity contribution in [3.05, 3.63) is 203 Å². The molecule has 0 saturated heterocycles. The molecule has 0 radical (unpaired) electrons. The van der Waals surface area contributed by atoms with Gasteiger partial charge in [-0.05, 0) is 142 Å². The molecule has 0 saturated carbocycles. The Balaban J connectivity index is 1.09. The first-order chi connectivity index (χ1) is 26.5. The highest BCUT2D eigenvalue weighted by Gasteiger charge is 2.36. The van der Waals surface area contributed by atoms with E-state index in [1.54, 1.807) is 0 Å². The normalized spacial score (nSPS) is 13.1. The van der Waals surface area contributed by atoms with Crippen molar-refractivity contribution in [3.8, 4) is 11.1 Å². The van der Waals surface area contributed by atoms with Gasteiger partial charge in [0.25, 0.3) is 0 Å². The van der Waals surface area contributed by atoms with E-state index < -0.39 is 0 Å². The van der Waals surface area contributed by atoms with Crippen LogP contribution >= 0.6 is 0 Å². The van der Waals surface area contributed by atoms with Crippen LogP contribution in [0.15, 0.2) is 164 Å². The molecule has 0 fully saturated rings. The van der Waals surface area contributed by atoms with Crippen LogP contribution in [0.4, 0.5) is 34.1 Å². The van der Waals surface area contributed by atoms with Crippen molar-refractivity contribution in [3.63, 3.8) is 0 Å². The Morgan fingerprint density at radius 3 is 1.42 bits per heavy atom. The van der Waals surface area contributed by atoms with Crippen LogP contribution in [0.1, 0.15) is 73.6 Å². The van der Waals surface area contributed by atoms with E-state index in [1.165, 1.54) is 67.1 Å². The molecule has 0 unspecified atom stereocenters. The van der Waals surface area contributed by atoms with Gasteiger partial charge in [-0.25, -0.2) is 0 Å². The van der Waals surface area contributed by atoms with Crippen molar-refractivity contribution in [2.45, 2.75) is 59.3 Å². The van der Waals surface area contributed by atoms with E-state index in [4.69, 9.17) is 0 Å². The molecular weight excluding hydrogens is 665 g/mol. The average molecular weight is 715 g/mol. The summed E-state index contributed by atoms with van der Waals surface area (Å²) in [5, 5.41) is 0. The maximum atomic E-state index is 2.43. The maximum absolute atomic E-state index is 2.43. The molecule has 0 aromatic heterocycles. The van der Waals surface area contributed by atoms with E-state index in [2.05, 4.69) is 234 Å². The maximum Gasteiger partial charge on any atom is 0.0466 e. The zero-order valence-electron chi connectivity index (χ0n) is 33.1. The zero-order valence-corrected chi connectivity index (χ0v) is 33.1.